The first kappa shape index (κ1) is 20.9. The number of amides is 1. The minimum atomic E-state index is 0.0621. The van der Waals surface area contributed by atoms with Crippen molar-refractivity contribution in [2.24, 2.45) is 5.92 Å². The number of fused-ring (bicyclic) bond motifs is 1. The van der Waals surface area contributed by atoms with E-state index in [1.165, 1.54) is 37.7 Å². The van der Waals surface area contributed by atoms with Crippen LogP contribution in [0.2, 0.25) is 0 Å². The van der Waals surface area contributed by atoms with Gasteiger partial charge < -0.3 is 10.2 Å². The van der Waals surface area contributed by atoms with Gasteiger partial charge in [-0.15, -0.1) is 0 Å². The molecule has 5 heteroatoms. The Bertz CT molecular complexity index is 1100. The molecule has 0 saturated heterocycles. The molecule has 2 aromatic heterocycles. The van der Waals surface area contributed by atoms with Crippen molar-refractivity contribution in [3.05, 3.63) is 59.9 Å². The van der Waals surface area contributed by atoms with E-state index in [9.17, 15) is 4.79 Å². The molecule has 1 atom stereocenters. The summed E-state index contributed by atoms with van der Waals surface area (Å²) >= 11 is 0. The van der Waals surface area contributed by atoms with Crippen LogP contribution in [0, 0.1) is 5.92 Å². The highest BCUT2D eigenvalue weighted by atomic mass is 16.2. The lowest BCUT2D eigenvalue weighted by Gasteiger charge is -2.31. The van der Waals surface area contributed by atoms with Crippen LogP contribution in [0.1, 0.15) is 75.0 Å². The predicted molar refractivity (Wildman–Crippen MR) is 129 cm³/mol. The van der Waals surface area contributed by atoms with Gasteiger partial charge in [-0.2, -0.15) is 0 Å². The zero-order valence-corrected chi connectivity index (χ0v) is 19.1. The fourth-order valence-electron chi connectivity index (χ4n) is 4.98. The molecule has 2 saturated carbocycles. The molecule has 166 valence electrons. The van der Waals surface area contributed by atoms with Gasteiger partial charge in [0.05, 0.1) is 29.0 Å². The van der Waals surface area contributed by atoms with Crippen LogP contribution < -0.4 is 5.32 Å². The summed E-state index contributed by atoms with van der Waals surface area (Å²) in [7, 11) is 1.95. The molecule has 2 fully saturated rings. The molecule has 1 aromatic carbocycles. The summed E-state index contributed by atoms with van der Waals surface area (Å²) in [4.78, 5) is 24.1. The van der Waals surface area contributed by atoms with Crippen LogP contribution in [0.3, 0.4) is 0 Å². The van der Waals surface area contributed by atoms with Crippen LogP contribution in [0.4, 0.5) is 11.4 Å². The Morgan fingerprint density at radius 1 is 1.03 bits per heavy atom. The highest BCUT2D eigenvalue weighted by molar-refractivity contribution is 5.85. The SMILES string of the molecule is CC(c1ccc(Nc2cnc3cccnc3c2C2CC2)cc1)N(C)C(=O)C1CCCCC1. The van der Waals surface area contributed by atoms with Crippen molar-refractivity contribution in [2.75, 3.05) is 12.4 Å². The van der Waals surface area contributed by atoms with Crippen LogP contribution in [-0.4, -0.2) is 27.8 Å². The molecule has 5 rings (SSSR count). The molecule has 2 aliphatic carbocycles. The van der Waals surface area contributed by atoms with E-state index in [0.717, 1.165) is 40.8 Å². The number of nitrogens with one attached hydrogen (secondary N) is 1. The minimum Gasteiger partial charge on any atom is -0.354 e. The topological polar surface area (TPSA) is 58.1 Å². The Hall–Kier alpha value is -2.95. The molecular formula is C27H32N4O. The number of hydrogen-bond donors (Lipinski definition) is 1. The quantitative estimate of drug-likeness (QED) is 0.497. The van der Waals surface area contributed by atoms with Gasteiger partial charge >= 0.3 is 0 Å². The molecule has 1 N–H and O–H groups in total. The Balaban J connectivity index is 1.32. The first-order chi connectivity index (χ1) is 15.6. The Morgan fingerprint density at radius 2 is 1.78 bits per heavy atom. The number of pyridine rings is 2. The zero-order valence-electron chi connectivity index (χ0n) is 19.1. The van der Waals surface area contributed by atoms with Crippen molar-refractivity contribution in [1.29, 1.82) is 0 Å². The van der Waals surface area contributed by atoms with Crippen LogP contribution in [0.5, 0.6) is 0 Å². The third-order valence-corrected chi connectivity index (χ3v) is 7.21. The maximum atomic E-state index is 12.9. The molecular weight excluding hydrogens is 396 g/mol. The van der Waals surface area contributed by atoms with Crippen molar-refractivity contribution >= 4 is 28.3 Å². The second-order valence-corrected chi connectivity index (χ2v) is 9.44. The Morgan fingerprint density at radius 3 is 2.50 bits per heavy atom. The van der Waals surface area contributed by atoms with E-state index in [1.54, 1.807) is 0 Å². The summed E-state index contributed by atoms with van der Waals surface area (Å²) in [6.07, 6.45) is 11.9. The lowest BCUT2D eigenvalue weighted by molar-refractivity contribution is -0.137. The predicted octanol–water partition coefficient (Wildman–Crippen LogP) is 6.35. The van der Waals surface area contributed by atoms with Crippen molar-refractivity contribution in [2.45, 2.75) is 63.8 Å². The molecule has 0 spiro atoms. The number of anilines is 2. The van der Waals surface area contributed by atoms with E-state index in [1.807, 2.05) is 36.5 Å². The number of aromatic nitrogens is 2. The van der Waals surface area contributed by atoms with Crippen molar-refractivity contribution in [1.82, 2.24) is 14.9 Å². The molecule has 0 bridgehead atoms. The summed E-state index contributed by atoms with van der Waals surface area (Å²) < 4.78 is 0. The highest BCUT2D eigenvalue weighted by Gasteiger charge is 2.29. The average molecular weight is 429 g/mol. The molecule has 1 unspecified atom stereocenters. The fraction of sp³-hybridized carbons (Fsp3) is 0.444. The van der Waals surface area contributed by atoms with Crippen LogP contribution in [0.15, 0.2) is 48.8 Å². The Labute approximate surface area is 190 Å². The van der Waals surface area contributed by atoms with Crippen molar-refractivity contribution < 1.29 is 4.79 Å². The van der Waals surface area contributed by atoms with Gasteiger partial charge in [0.2, 0.25) is 5.91 Å². The number of carbonyl (C=O) groups is 1. The largest absolute Gasteiger partial charge is 0.354 e. The van der Waals surface area contributed by atoms with E-state index in [4.69, 9.17) is 0 Å². The molecule has 32 heavy (non-hydrogen) atoms. The van der Waals surface area contributed by atoms with Crippen LogP contribution in [0.25, 0.3) is 11.0 Å². The first-order valence-electron chi connectivity index (χ1n) is 12.0. The van der Waals surface area contributed by atoms with Crippen LogP contribution >= 0.6 is 0 Å². The molecule has 2 heterocycles. The third kappa shape index (κ3) is 4.21. The fourth-order valence-corrected chi connectivity index (χ4v) is 4.98. The first-order valence-corrected chi connectivity index (χ1v) is 12.0. The summed E-state index contributed by atoms with van der Waals surface area (Å²) in [6.45, 7) is 2.12. The second-order valence-electron chi connectivity index (χ2n) is 9.44. The van der Waals surface area contributed by atoms with E-state index < -0.39 is 0 Å². The number of hydrogen-bond acceptors (Lipinski definition) is 4. The Kier molecular flexibility index (Phi) is 5.81. The minimum absolute atomic E-state index is 0.0621. The third-order valence-electron chi connectivity index (χ3n) is 7.21. The summed E-state index contributed by atoms with van der Waals surface area (Å²) in [5, 5.41) is 3.57. The van der Waals surface area contributed by atoms with Gasteiger partial charge in [0.1, 0.15) is 0 Å². The van der Waals surface area contributed by atoms with E-state index in [0.29, 0.717) is 11.8 Å². The van der Waals surface area contributed by atoms with Gasteiger partial charge in [-0.3, -0.25) is 14.8 Å². The smallest absolute Gasteiger partial charge is 0.225 e. The van der Waals surface area contributed by atoms with Gasteiger partial charge in [-0.25, -0.2) is 0 Å². The maximum absolute atomic E-state index is 12.9. The second kappa shape index (κ2) is 8.89. The molecule has 0 radical (unpaired) electrons. The lowest BCUT2D eigenvalue weighted by Crippen LogP contribution is -2.35. The molecule has 2 aliphatic rings. The molecule has 3 aromatic rings. The number of benzene rings is 1. The number of rotatable bonds is 6. The van der Waals surface area contributed by atoms with E-state index >= 15 is 0 Å². The van der Waals surface area contributed by atoms with Gasteiger partial charge in [-0.1, -0.05) is 31.4 Å². The lowest BCUT2D eigenvalue weighted by atomic mass is 9.88. The summed E-state index contributed by atoms with van der Waals surface area (Å²) in [6, 6.07) is 12.5. The molecule has 0 aliphatic heterocycles. The van der Waals surface area contributed by atoms with E-state index in [-0.39, 0.29) is 12.0 Å². The van der Waals surface area contributed by atoms with Crippen molar-refractivity contribution in [3.63, 3.8) is 0 Å². The standard InChI is InChI=1S/C27H32N4O/c1-18(31(2)27(32)21-7-4-3-5-8-21)19-12-14-22(15-13-19)30-24-17-29-23-9-6-16-28-26(23)25(24)20-10-11-20/h6,9,12-18,20-21,30H,3-5,7-8,10-11H2,1-2H3. The van der Waals surface area contributed by atoms with Crippen LogP contribution in [-0.2, 0) is 4.79 Å². The van der Waals surface area contributed by atoms with Gasteiger partial charge in [0.15, 0.2) is 0 Å². The summed E-state index contributed by atoms with van der Waals surface area (Å²) in [5.74, 6) is 1.06. The van der Waals surface area contributed by atoms with Crippen molar-refractivity contribution in [3.8, 4) is 0 Å². The van der Waals surface area contributed by atoms with Gasteiger partial charge in [0.25, 0.3) is 0 Å². The number of carbonyl (C=O) groups excluding carboxylic acids is 1. The molecule has 5 nitrogen and oxygen atoms in total. The average Bonchev–Trinajstić information content (AvgIpc) is 3.69. The summed E-state index contributed by atoms with van der Waals surface area (Å²) in [5.41, 5.74) is 6.47. The monoisotopic (exact) mass is 428 g/mol. The number of nitrogens with zero attached hydrogens (tertiary/aromatic N) is 3. The molecule has 1 amide bonds. The maximum Gasteiger partial charge on any atom is 0.225 e. The van der Waals surface area contributed by atoms with Gasteiger partial charge in [-0.05, 0) is 68.4 Å². The van der Waals surface area contributed by atoms with E-state index in [2.05, 4.69) is 46.5 Å². The highest BCUT2D eigenvalue weighted by Crippen LogP contribution is 2.46. The normalized spacial score (nSPS) is 17.8. The van der Waals surface area contributed by atoms with Gasteiger partial charge in [0, 0.05) is 30.4 Å². The zero-order chi connectivity index (χ0) is 22.1.